The van der Waals surface area contributed by atoms with Crippen molar-refractivity contribution in [3.63, 3.8) is 0 Å². The monoisotopic (exact) mass is 232 g/mol. The van der Waals surface area contributed by atoms with Crippen molar-refractivity contribution in [3.8, 4) is 11.1 Å². The van der Waals surface area contributed by atoms with Crippen LogP contribution in [0, 0.1) is 12.7 Å². The van der Waals surface area contributed by atoms with Crippen molar-refractivity contribution in [2.45, 2.75) is 20.4 Å². The first kappa shape index (κ1) is 11.5. The van der Waals surface area contributed by atoms with E-state index in [1.807, 2.05) is 20.0 Å². The molecule has 0 spiro atoms. The smallest absolute Gasteiger partial charge is 0.152 e. The fourth-order valence-electron chi connectivity index (χ4n) is 1.75. The molecule has 1 heterocycles. The van der Waals surface area contributed by atoms with Gasteiger partial charge in [0, 0.05) is 18.3 Å². The summed E-state index contributed by atoms with van der Waals surface area (Å²) in [6, 6.07) is 4.59. The van der Waals surface area contributed by atoms with Crippen molar-refractivity contribution in [3.05, 3.63) is 41.5 Å². The van der Waals surface area contributed by atoms with E-state index in [9.17, 15) is 9.18 Å². The summed E-state index contributed by atoms with van der Waals surface area (Å²) < 4.78 is 15.3. The Morgan fingerprint density at radius 2 is 2.24 bits per heavy atom. The Hall–Kier alpha value is -1.97. The molecule has 0 atom stereocenters. The van der Waals surface area contributed by atoms with E-state index >= 15 is 0 Å². The summed E-state index contributed by atoms with van der Waals surface area (Å²) in [5.74, 6) is -0.499. The predicted octanol–water partition coefficient (Wildman–Crippen LogP) is 2.83. The first-order chi connectivity index (χ1) is 8.15. The Labute approximate surface area is 98.9 Å². The molecular weight excluding hydrogens is 219 g/mol. The Kier molecular flexibility index (Phi) is 3.04. The lowest BCUT2D eigenvalue weighted by Crippen LogP contribution is -1.93. The minimum Gasteiger partial charge on any atom is -0.298 e. The third-order valence-corrected chi connectivity index (χ3v) is 2.71. The maximum absolute atomic E-state index is 13.5. The second-order valence-electron chi connectivity index (χ2n) is 3.84. The van der Waals surface area contributed by atoms with Gasteiger partial charge in [-0.25, -0.2) is 4.39 Å². The van der Waals surface area contributed by atoms with Gasteiger partial charge in [-0.1, -0.05) is 6.07 Å². The maximum Gasteiger partial charge on any atom is 0.152 e. The van der Waals surface area contributed by atoms with Crippen LogP contribution in [0.5, 0.6) is 0 Å². The van der Waals surface area contributed by atoms with Gasteiger partial charge in [0.25, 0.3) is 0 Å². The van der Waals surface area contributed by atoms with Crippen LogP contribution in [0.4, 0.5) is 4.39 Å². The number of aromatic nitrogens is 2. The van der Waals surface area contributed by atoms with Crippen LogP contribution in [-0.2, 0) is 6.54 Å². The van der Waals surface area contributed by atoms with Crippen molar-refractivity contribution in [1.29, 1.82) is 0 Å². The molecule has 0 N–H and O–H groups in total. The molecule has 0 aliphatic carbocycles. The van der Waals surface area contributed by atoms with E-state index in [2.05, 4.69) is 5.10 Å². The highest BCUT2D eigenvalue weighted by Gasteiger charge is 2.09. The molecule has 0 aliphatic heterocycles. The van der Waals surface area contributed by atoms with Crippen LogP contribution in [0.15, 0.2) is 24.4 Å². The Morgan fingerprint density at radius 3 is 2.76 bits per heavy atom. The molecule has 0 saturated carbocycles. The number of benzene rings is 1. The molecule has 1 aromatic heterocycles. The predicted molar refractivity (Wildman–Crippen MR) is 63.4 cm³/mol. The highest BCUT2D eigenvalue weighted by Crippen LogP contribution is 2.24. The highest BCUT2D eigenvalue weighted by atomic mass is 19.1. The highest BCUT2D eigenvalue weighted by molar-refractivity contribution is 5.77. The molecule has 88 valence electrons. The molecule has 17 heavy (non-hydrogen) atoms. The molecule has 2 aromatic rings. The van der Waals surface area contributed by atoms with Crippen molar-refractivity contribution >= 4 is 6.29 Å². The molecule has 0 radical (unpaired) electrons. The van der Waals surface area contributed by atoms with Crippen molar-refractivity contribution in [1.82, 2.24) is 9.78 Å². The number of aryl methyl sites for hydroxylation is 2. The molecule has 0 amide bonds. The molecule has 2 rings (SSSR count). The third kappa shape index (κ3) is 2.11. The number of carbonyl (C=O) groups excluding carboxylic acids is 1. The summed E-state index contributed by atoms with van der Waals surface area (Å²) in [5.41, 5.74) is 2.56. The number of halogens is 1. The van der Waals surface area contributed by atoms with Crippen molar-refractivity contribution in [2.24, 2.45) is 0 Å². The van der Waals surface area contributed by atoms with Crippen LogP contribution >= 0.6 is 0 Å². The quantitative estimate of drug-likeness (QED) is 0.763. The van der Waals surface area contributed by atoms with Crippen LogP contribution < -0.4 is 0 Å². The summed E-state index contributed by atoms with van der Waals surface area (Å²) in [6.45, 7) is 4.65. The normalized spacial score (nSPS) is 10.5. The molecule has 0 bridgehead atoms. The van der Waals surface area contributed by atoms with Crippen LogP contribution in [0.1, 0.15) is 23.0 Å². The topological polar surface area (TPSA) is 34.9 Å². The number of nitrogens with zero attached hydrogens (tertiary/aromatic N) is 2. The molecule has 0 saturated heterocycles. The first-order valence-corrected chi connectivity index (χ1v) is 5.45. The number of hydrogen-bond donors (Lipinski definition) is 0. The maximum atomic E-state index is 13.5. The zero-order valence-electron chi connectivity index (χ0n) is 9.77. The number of rotatable bonds is 3. The molecular formula is C13H13FN2O. The van der Waals surface area contributed by atoms with Gasteiger partial charge >= 0.3 is 0 Å². The number of carbonyl (C=O) groups is 1. The second kappa shape index (κ2) is 4.49. The zero-order valence-corrected chi connectivity index (χ0v) is 9.77. The van der Waals surface area contributed by atoms with E-state index in [1.165, 1.54) is 12.1 Å². The van der Waals surface area contributed by atoms with E-state index in [0.29, 0.717) is 6.29 Å². The van der Waals surface area contributed by atoms with Gasteiger partial charge in [-0.05, 0) is 31.5 Å². The standard InChI is InChI=1S/C13H13FN2O/c1-3-16-7-12(9(2)15-16)10-4-5-11(8-17)13(14)6-10/h4-8H,3H2,1-2H3. The van der Waals surface area contributed by atoms with Crippen LogP contribution in [0.3, 0.4) is 0 Å². The minimum atomic E-state index is -0.499. The van der Waals surface area contributed by atoms with Crippen LogP contribution in [0.2, 0.25) is 0 Å². The van der Waals surface area contributed by atoms with Gasteiger partial charge in [-0.3, -0.25) is 9.48 Å². The Morgan fingerprint density at radius 1 is 1.47 bits per heavy atom. The summed E-state index contributed by atoms with van der Waals surface area (Å²) in [4.78, 5) is 10.5. The van der Waals surface area contributed by atoms with Crippen LogP contribution in [-0.4, -0.2) is 16.1 Å². The lowest BCUT2D eigenvalue weighted by molar-refractivity contribution is 0.112. The van der Waals surface area contributed by atoms with Gasteiger partial charge in [-0.15, -0.1) is 0 Å². The Balaban J connectivity index is 2.49. The molecule has 0 aliphatic rings. The van der Waals surface area contributed by atoms with Crippen molar-refractivity contribution < 1.29 is 9.18 Å². The lowest BCUT2D eigenvalue weighted by Gasteiger charge is -2.00. The lowest BCUT2D eigenvalue weighted by atomic mass is 10.0. The summed E-state index contributed by atoms with van der Waals surface area (Å²) >= 11 is 0. The largest absolute Gasteiger partial charge is 0.298 e. The van der Waals surface area contributed by atoms with Crippen molar-refractivity contribution in [2.75, 3.05) is 0 Å². The van der Waals surface area contributed by atoms with Gasteiger partial charge in [0.05, 0.1) is 11.3 Å². The van der Waals surface area contributed by atoms with E-state index in [4.69, 9.17) is 0 Å². The SMILES string of the molecule is CCn1cc(-c2ccc(C=O)c(F)c2)c(C)n1. The molecule has 0 unspecified atom stereocenters. The summed E-state index contributed by atoms with van der Waals surface area (Å²) in [6.07, 6.45) is 2.39. The van der Waals surface area contributed by atoms with E-state index in [1.54, 1.807) is 10.7 Å². The molecule has 3 nitrogen and oxygen atoms in total. The molecule has 4 heteroatoms. The van der Waals surface area contributed by atoms with Gasteiger partial charge in [-0.2, -0.15) is 5.10 Å². The van der Waals surface area contributed by atoms with Gasteiger partial charge < -0.3 is 0 Å². The fraction of sp³-hybridized carbons (Fsp3) is 0.231. The Bertz CT molecular complexity index is 561. The molecule has 0 fully saturated rings. The van der Waals surface area contributed by atoms with Gasteiger partial charge in [0.1, 0.15) is 5.82 Å². The van der Waals surface area contributed by atoms with Gasteiger partial charge in [0.15, 0.2) is 6.29 Å². The number of hydrogen-bond acceptors (Lipinski definition) is 2. The second-order valence-corrected chi connectivity index (χ2v) is 3.84. The summed E-state index contributed by atoms with van der Waals surface area (Å²) in [7, 11) is 0. The minimum absolute atomic E-state index is 0.0780. The summed E-state index contributed by atoms with van der Waals surface area (Å²) in [5, 5.41) is 4.30. The van der Waals surface area contributed by atoms with Gasteiger partial charge in [0.2, 0.25) is 0 Å². The zero-order chi connectivity index (χ0) is 12.4. The van der Waals surface area contributed by atoms with E-state index < -0.39 is 5.82 Å². The number of aldehydes is 1. The van der Waals surface area contributed by atoms with Crippen LogP contribution in [0.25, 0.3) is 11.1 Å². The molecule has 1 aromatic carbocycles. The average Bonchev–Trinajstić information content (AvgIpc) is 2.70. The average molecular weight is 232 g/mol. The van der Waals surface area contributed by atoms with E-state index in [0.717, 1.165) is 23.4 Å². The third-order valence-electron chi connectivity index (χ3n) is 2.71. The fourth-order valence-corrected chi connectivity index (χ4v) is 1.75. The first-order valence-electron chi connectivity index (χ1n) is 5.45. The van der Waals surface area contributed by atoms with E-state index in [-0.39, 0.29) is 5.56 Å².